The molecule has 0 spiro atoms. The molecule has 0 aliphatic heterocycles. The highest BCUT2D eigenvalue weighted by atomic mass is 32.2. The first kappa shape index (κ1) is 16.1. The maximum atomic E-state index is 11.9. The maximum absolute atomic E-state index is 11.9. The molecule has 3 aromatic rings. The molecule has 2 aromatic carbocycles. The van der Waals surface area contributed by atoms with E-state index in [9.17, 15) is 4.79 Å². The zero-order valence-corrected chi connectivity index (χ0v) is 13.8. The molecule has 24 heavy (non-hydrogen) atoms. The summed E-state index contributed by atoms with van der Waals surface area (Å²) in [5.41, 5.74) is 1.77. The minimum atomic E-state index is -0.227. The van der Waals surface area contributed by atoms with Gasteiger partial charge in [-0.2, -0.15) is 0 Å². The maximum Gasteiger partial charge on any atom is 0.319 e. The number of nitrogens with zero attached hydrogens (tertiary/aromatic N) is 1. The van der Waals surface area contributed by atoms with E-state index in [0.29, 0.717) is 6.54 Å². The van der Waals surface area contributed by atoms with E-state index in [1.807, 2.05) is 54.6 Å². The molecule has 0 fully saturated rings. The zero-order valence-electron chi connectivity index (χ0n) is 13.0. The van der Waals surface area contributed by atoms with Crippen LogP contribution in [-0.4, -0.2) is 11.0 Å². The van der Waals surface area contributed by atoms with Crippen molar-refractivity contribution in [3.8, 4) is 0 Å². The van der Waals surface area contributed by atoms with E-state index in [4.69, 9.17) is 0 Å². The Morgan fingerprint density at radius 3 is 2.25 bits per heavy atom. The standard InChI is InChI=1S/C19H17N3OS/c23-19(21-14-15-10-12-20-13-11-15)22-16-6-8-18(9-7-16)24-17-4-2-1-3-5-17/h1-13H,14H2,(H2,21,22,23). The third-order valence-corrected chi connectivity index (χ3v) is 4.31. The van der Waals surface area contributed by atoms with Crippen LogP contribution in [0.5, 0.6) is 0 Å². The highest BCUT2D eigenvalue weighted by molar-refractivity contribution is 7.99. The van der Waals surface area contributed by atoms with Crippen molar-refractivity contribution >= 4 is 23.5 Å². The number of pyridine rings is 1. The lowest BCUT2D eigenvalue weighted by atomic mass is 10.3. The van der Waals surface area contributed by atoms with Gasteiger partial charge in [0.1, 0.15) is 0 Å². The fourth-order valence-corrected chi connectivity index (χ4v) is 2.93. The number of hydrogen-bond donors (Lipinski definition) is 2. The van der Waals surface area contributed by atoms with Gasteiger partial charge in [0.15, 0.2) is 0 Å². The highest BCUT2D eigenvalue weighted by Crippen LogP contribution is 2.28. The number of hydrogen-bond acceptors (Lipinski definition) is 3. The van der Waals surface area contributed by atoms with Crippen LogP contribution >= 0.6 is 11.8 Å². The van der Waals surface area contributed by atoms with Gasteiger partial charge < -0.3 is 10.6 Å². The van der Waals surface area contributed by atoms with Crippen molar-refractivity contribution in [3.63, 3.8) is 0 Å². The fraction of sp³-hybridized carbons (Fsp3) is 0.0526. The van der Waals surface area contributed by atoms with Crippen LogP contribution in [0.3, 0.4) is 0 Å². The number of anilines is 1. The van der Waals surface area contributed by atoms with Crippen LogP contribution in [0.15, 0.2) is 88.9 Å². The SMILES string of the molecule is O=C(NCc1ccncc1)Nc1ccc(Sc2ccccc2)cc1. The Hall–Kier alpha value is -2.79. The van der Waals surface area contributed by atoms with Gasteiger partial charge in [-0.3, -0.25) is 4.98 Å². The third-order valence-electron chi connectivity index (χ3n) is 3.29. The van der Waals surface area contributed by atoms with Crippen LogP contribution in [0.25, 0.3) is 0 Å². The summed E-state index contributed by atoms with van der Waals surface area (Å²) in [6.07, 6.45) is 3.41. The van der Waals surface area contributed by atoms with Crippen LogP contribution in [0.4, 0.5) is 10.5 Å². The smallest absolute Gasteiger partial charge is 0.319 e. The quantitative estimate of drug-likeness (QED) is 0.719. The van der Waals surface area contributed by atoms with Crippen molar-refractivity contribution in [2.24, 2.45) is 0 Å². The molecule has 1 heterocycles. The van der Waals surface area contributed by atoms with Crippen molar-refractivity contribution in [3.05, 3.63) is 84.7 Å². The fourth-order valence-electron chi connectivity index (χ4n) is 2.09. The number of amides is 2. The van der Waals surface area contributed by atoms with Gasteiger partial charge in [-0.1, -0.05) is 30.0 Å². The molecule has 120 valence electrons. The lowest BCUT2D eigenvalue weighted by molar-refractivity contribution is 0.251. The van der Waals surface area contributed by atoms with E-state index in [-0.39, 0.29) is 6.03 Å². The van der Waals surface area contributed by atoms with Crippen LogP contribution in [0.2, 0.25) is 0 Å². The molecule has 0 aliphatic carbocycles. The largest absolute Gasteiger partial charge is 0.334 e. The second kappa shape index (κ2) is 8.17. The van der Waals surface area contributed by atoms with Crippen LogP contribution in [-0.2, 0) is 6.54 Å². The number of carbonyl (C=O) groups excluding carboxylic acids is 1. The number of rotatable bonds is 5. The van der Waals surface area contributed by atoms with E-state index in [0.717, 1.165) is 16.1 Å². The predicted molar refractivity (Wildman–Crippen MR) is 97.1 cm³/mol. The Labute approximate surface area is 145 Å². The molecule has 2 N–H and O–H groups in total. The predicted octanol–water partition coefficient (Wildman–Crippen LogP) is 4.55. The number of aromatic nitrogens is 1. The second-order valence-corrected chi connectivity index (χ2v) is 6.25. The molecule has 0 saturated carbocycles. The topological polar surface area (TPSA) is 54.0 Å². The summed E-state index contributed by atoms with van der Waals surface area (Å²) in [4.78, 5) is 18.2. The third kappa shape index (κ3) is 4.86. The minimum Gasteiger partial charge on any atom is -0.334 e. The molecule has 5 heteroatoms. The van der Waals surface area contributed by atoms with Gasteiger partial charge in [0.25, 0.3) is 0 Å². The summed E-state index contributed by atoms with van der Waals surface area (Å²) in [6.45, 7) is 0.469. The second-order valence-electron chi connectivity index (χ2n) is 5.10. The van der Waals surface area contributed by atoms with Gasteiger partial charge in [-0.05, 0) is 54.1 Å². The molecule has 0 aliphatic rings. The van der Waals surface area contributed by atoms with Gasteiger partial charge in [0.2, 0.25) is 0 Å². The van der Waals surface area contributed by atoms with Crippen molar-refractivity contribution in [1.82, 2.24) is 10.3 Å². The number of urea groups is 1. The van der Waals surface area contributed by atoms with Gasteiger partial charge >= 0.3 is 6.03 Å². The molecular weight excluding hydrogens is 318 g/mol. The molecular formula is C19H17N3OS. The Bertz CT molecular complexity index is 777. The van der Waals surface area contributed by atoms with Crippen molar-refractivity contribution in [2.45, 2.75) is 16.3 Å². The first-order chi connectivity index (χ1) is 11.8. The summed E-state index contributed by atoms with van der Waals surface area (Å²) < 4.78 is 0. The Morgan fingerprint density at radius 1 is 0.875 bits per heavy atom. The van der Waals surface area contributed by atoms with Crippen LogP contribution in [0.1, 0.15) is 5.56 Å². The molecule has 4 nitrogen and oxygen atoms in total. The molecule has 0 unspecified atom stereocenters. The first-order valence-corrected chi connectivity index (χ1v) is 8.38. The average molecular weight is 335 g/mol. The zero-order chi connectivity index (χ0) is 16.6. The van der Waals surface area contributed by atoms with Gasteiger partial charge in [0, 0.05) is 34.4 Å². The first-order valence-electron chi connectivity index (χ1n) is 7.56. The van der Waals surface area contributed by atoms with E-state index in [1.165, 1.54) is 4.90 Å². The Kier molecular flexibility index (Phi) is 5.48. The summed E-state index contributed by atoms with van der Waals surface area (Å²) in [7, 11) is 0. The molecule has 1 aromatic heterocycles. The summed E-state index contributed by atoms with van der Waals surface area (Å²) in [5, 5.41) is 5.65. The highest BCUT2D eigenvalue weighted by Gasteiger charge is 2.02. The molecule has 2 amide bonds. The van der Waals surface area contributed by atoms with E-state index < -0.39 is 0 Å². The van der Waals surface area contributed by atoms with Crippen molar-refractivity contribution in [2.75, 3.05) is 5.32 Å². The summed E-state index contributed by atoms with van der Waals surface area (Å²) in [6, 6.07) is 21.5. The lowest BCUT2D eigenvalue weighted by Crippen LogP contribution is -2.28. The number of benzene rings is 2. The average Bonchev–Trinajstić information content (AvgIpc) is 2.63. The number of nitrogens with one attached hydrogen (secondary N) is 2. The summed E-state index contributed by atoms with van der Waals surface area (Å²) >= 11 is 1.69. The van der Waals surface area contributed by atoms with Crippen LogP contribution in [0, 0.1) is 0 Å². The number of carbonyl (C=O) groups is 1. The van der Waals surface area contributed by atoms with E-state index >= 15 is 0 Å². The van der Waals surface area contributed by atoms with Gasteiger partial charge in [-0.15, -0.1) is 0 Å². The van der Waals surface area contributed by atoms with Gasteiger partial charge in [0.05, 0.1) is 0 Å². The molecule has 3 rings (SSSR count). The van der Waals surface area contributed by atoms with Crippen molar-refractivity contribution < 1.29 is 4.79 Å². The van der Waals surface area contributed by atoms with E-state index in [1.54, 1.807) is 24.2 Å². The molecule has 0 bridgehead atoms. The van der Waals surface area contributed by atoms with Crippen LogP contribution < -0.4 is 10.6 Å². The molecule has 0 radical (unpaired) electrons. The lowest BCUT2D eigenvalue weighted by Gasteiger charge is -2.08. The minimum absolute atomic E-state index is 0.227. The Morgan fingerprint density at radius 2 is 1.54 bits per heavy atom. The van der Waals surface area contributed by atoms with Crippen molar-refractivity contribution in [1.29, 1.82) is 0 Å². The normalized spacial score (nSPS) is 10.2. The monoisotopic (exact) mass is 335 g/mol. The molecule has 0 atom stereocenters. The molecule has 0 saturated heterocycles. The van der Waals surface area contributed by atoms with Gasteiger partial charge in [-0.25, -0.2) is 4.79 Å². The Balaban J connectivity index is 1.51. The van der Waals surface area contributed by atoms with E-state index in [2.05, 4.69) is 27.8 Å². The summed E-state index contributed by atoms with van der Waals surface area (Å²) in [5.74, 6) is 0.